The van der Waals surface area contributed by atoms with Crippen LogP contribution in [0.1, 0.15) is 24.0 Å². The molecule has 4 rings (SSSR count). The second-order valence-corrected chi connectivity index (χ2v) is 10.4. The Balaban J connectivity index is 1.26. The number of hydrogen-bond acceptors (Lipinski definition) is 8. The van der Waals surface area contributed by atoms with Crippen molar-refractivity contribution in [1.29, 1.82) is 0 Å². The van der Waals surface area contributed by atoms with Crippen molar-refractivity contribution in [3.8, 4) is 0 Å². The maximum absolute atomic E-state index is 12.4. The predicted octanol–water partition coefficient (Wildman–Crippen LogP) is 3.23. The highest BCUT2D eigenvalue weighted by atomic mass is 33.1. The SMILES string of the molecule is O=C(CCN1c2ccccc2CC1C(=O)O)SSC(=O)CCN1c2ccccc2CC1C(=O)O. The highest BCUT2D eigenvalue weighted by Crippen LogP contribution is 2.35. The van der Waals surface area contributed by atoms with Gasteiger partial charge in [-0.3, -0.25) is 9.59 Å². The first-order valence-corrected chi connectivity index (χ1v) is 13.0. The van der Waals surface area contributed by atoms with Gasteiger partial charge in [0.15, 0.2) is 0 Å². The lowest BCUT2D eigenvalue weighted by Crippen LogP contribution is -2.39. The van der Waals surface area contributed by atoms with Crippen molar-refractivity contribution in [2.24, 2.45) is 0 Å². The van der Waals surface area contributed by atoms with E-state index < -0.39 is 24.0 Å². The number of aliphatic carboxylic acids is 2. The van der Waals surface area contributed by atoms with Gasteiger partial charge in [-0.15, -0.1) is 0 Å². The van der Waals surface area contributed by atoms with Crippen molar-refractivity contribution in [2.45, 2.75) is 37.8 Å². The zero-order chi connectivity index (χ0) is 24.2. The molecule has 2 aliphatic rings. The summed E-state index contributed by atoms with van der Waals surface area (Å²) in [6, 6.07) is 13.5. The van der Waals surface area contributed by atoms with Crippen LogP contribution in [-0.2, 0) is 32.0 Å². The molecule has 0 aromatic heterocycles. The van der Waals surface area contributed by atoms with Gasteiger partial charge in [-0.25, -0.2) is 9.59 Å². The van der Waals surface area contributed by atoms with Crippen molar-refractivity contribution >= 4 is 55.1 Å². The summed E-state index contributed by atoms with van der Waals surface area (Å²) in [7, 11) is 1.71. The molecular formula is C24H24N2O6S2. The third-order valence-corrected chi connectivity index (χ3v) is 8.32. The number of hydrogen-bond donors (Lipinski definition) is 2. The van der Waals surface area contributed by atoms with Gasteiger partial charge in [0.2, 0.25) is 10.2 Å². The van der Waals surface area contributed by atoms with Gasteiger partial charge in [0.25, 0.3) is 0 Å². The minimum Gasteiger partial charge on any atom is -0.480 e. The number of nitrogens with zero attached hydrogens (tertiary/aromatic N) is 2. The number of benzene rings is 2. The molecule has 0 radical (unpaired) electrons. The molecule has 0 fully saturated rings. The zero-order valence-corrected chi connectivity index (χ0v) is 19.9. The number of para-hydroxylation sites is 2. The van der Waals surface area contributed by atoms with E-state index in [4.69, 9.17) is 0 Å². The van der Waals surface area contributed by atoms with E-state index >= 15 is 0 Å². The van der Waals surface area contributed by atoms with E-state index in [0.717, 1.165) is 44.1 Å². The summed E-state index contributed by atoms with van der Waals surface area (Å²) in [6.45, 7) is 0.527. The molecule has 0 aliphatic carbocycles. The molecule has 2 aliphatic heterocycles. The Hall–Kier alpha value is -2.98. The largest absolute Gasteiger partial charge is 0.480 e. The van der Waals surface area contributed by atoms with Crippen LogP contribution >= 0.6 is 21.6 Å². The third-order valence-electron chi connectivity index (χ3n) is 6.09. The minimum atomic E-state index is -0.927. The molecule has 0 bridgehead atoms. The summed E-state index contributed by atoms with van der Waals surface area (Å²) < 4.78 is 0. The van der Waals surface area contributed by atoms with Crippen LogP contribution < -0.4 is 9.80 Å². The average Bonchev–Trinajstić information content (AvgIpc) is 3.39. The number of rotatable bonds is 8. The fourth-order valence-electron chi connectivity index (χ4n) is 4.49. The Morgan fingerprint density at radius 2 is 1.09 bits per heavy atom. The number of carbonyl (C=O) groups excluding carboxylic acids is 2. The van der Waals surface area contributed by atoms with E-state index in [2.05, 4.69) is 0 Å². The quantitative estimate of drug-likeness (QED) is 0.524. The normalized spacial score (nSPS) is 18.5. The molecule has 0 saturated heterocycles. The highest BCUT2D eigenvalue weighted by Gasteiger charge is 2.35. The molecule has 2 unspecified atom stereocenters. The van der Waals surface area contributed by atoms with Gasteiger partial charge >= 0.3 is 11.9 Å². The van der Waals surface area contributed by atoms with E-state index in [-0.39, 0.29) is 36.2 Å². The average molecular weight is 501 g/mol. The molecule has 2 atom stereocenters. The van der Waals surface area contributed by atoms with E-state index in [0.29, 0.717) is 12.8 Å². The summed E-state index contributed by atoms with van der Waals surface area (Å²) >= 11 is 0. The lowest BCUT2D eigenvalue weighted by atomic mass is 10.1. The Kier molecular flexibility index (Phi) is 7.47. The maximum atomic E-state index is 12.4. The molecule has 2 aromatic rings. The Morgan fingerprint density at radius 3 is 1.47 bits per heavy atom. The van der Waals surface area contributed by atoms with Crippen molar-refractivity contribution in [1.82, 2.24) is 0 Å². The van der Waals surface area contributed by atoms with Crippen LogP contribution in [0.4, 0.5) is 11.4 Å². The fourth-order valence-corrected chi connectivity index (χ4v) is 6.09. The number of carboxylic acid groups (broad SMARTS) is 2. The van der Waals surface area contributed by atoms with E-state index in [1.165, 1.54) is 0 Å². The van der Waals surface area contributed by atoms with Crippen LogP contribution in [0.15, 0.2) is 48.5 Å². The Bertz CT molecular complexity index is 1040. The van der Waals surface area contributed by atoms with Gasteiger partial charge in [0, 0.05) is 50.1 Å². The number of carboxylic acids is 2. The Labute approximate surface area is 204 Å². The van der Waals surface area contributed by atoms with Gasteiger partial charge in [0.1, 0.15) is 12.1 Å². The highest BCUT2D eigenvalue weighted by molar-refractivity contribution is 8.87. The number of fused-ring (bicyclic) bond motifs is 2. The summed E-state index contributed by atoms with van der Waals surface area (Å²) in [5.74, 6) is -1.85. The van der Waals surface area contributed by atoms with Crippen LogP contribution in [-0.4, -0.2) is 57.6 Å². The summed E-state index contributed by atoms with van der Waals surface area (Å²) in [4.78, 5) is 51.5. The topological polar surface area (TPSA) is 115 Å². The van der Waals surface area contributed by atoms with Gasteiger partial charge in [0.05, 0.1) is 0 Å². The lowest BCUT2D eigenvalue weighted by molar-refractivity contribution is -0.139. The first-order valence-electron chi connectivity index (χ1n) is 10.9. The standard InChI is InChI=1S/C24H24N2O6S2/c27-21(9-11-25-17-7-3-1-5-15(17)13-19(25)23(29)30)33-34-22(28)10-12-26-18-8-4-2-6-16(18)14-20(26)24(31)32/h1-8,19-20H,9-14H2,(H,29,30)(H,31,32). The monoisotopic (exact) mass is 500 g/mol. The maximum Gasteiger partial charge on any atom is 0.326 e. The van der Waals surface area contributed by atoms with Crippen LogP contribution in [0.2, 0.25) is 0 Å². The number of anilines is 2. The molecule has 8 nitrogen and oxygen atoms in total. The summed E-state index contributed by atoms with van der Waals surface area (Å²) in [5.41, 5.74) is 3.55. The second kappa shape index (κ2) is 10.5. The molecule has 178 valence electrons. The van der Waals surface area contributed by atoms with Crippen LogP contribution in [0.25, 0.3) is 0 Å². The predicted molar refractivity (Wildman–Crippen MR) is 132 cm³/mol. The fraction of sp³-hybridized carbons (Fsp3) is 0.333. The molecule has 2 heterocycles. The van der Waals surface area contributed by atoms with Crippen molar-refractivity contribution < 1.29 is 29.4 Å². The van der Waals surface area contributed by atoms with Crippen LogP contribution in [0.3, 0.4) is 0 Å². The van der Waals surface area contributed by atoms with Crippen molar-refractivity contribution in [3.05, 3.63) is 59.7 Å². The molecular weight excluding hydrogens is 476 g/mol. The van der Waals surface area contributed by atoms with Crippen molar-refractivity contribution in [2.75, 3.05) is 22.9 Å². The Morgan fingerprint density at radius 1 is 0.706 bits per heavy atom. The summed E-state index contributed by atoms with van der Waals surface area (Å²) in [6.07, 6.45) is 1.03. The number of carbonyl (C=O) groups is 4. The van der Waals surface area contributed by atoms with Crippen LogP contribution in [0.5, 0.6) is 0 Å². The minimum absolute atomic E-state index is 0.115. The molecule has 2 aromatic carbocycles. The van der Waals surface area contributed by atoms with Gasteiger partial charge < -0.3 is 20.0 Å². The lowest BCUT2D eigenvalue weighted by Gasteiger charge is -2.24. The van der Waals surface area contributed by atoms with Crippen molar-refractivity contribution in [3.63, 3.8) is 0 Å². The molecule has 34 heavy (non-hydrogen) atoms. The third kappa shape index (κ3) is 5.23. The van der Waals surface area contributed by atoms with E-state index in [1.807, 2.05) is 48.5 Å². The summed E-state index contributed by atoms with van der Waals surface area (Å²) in [5, 5.41) is 18.7. The van der Waals surface area contributed by atoms with E-state index in [1.54, 1.807) is 9.80 Å². The van der Waals surface area contributed by atoms with Gasteiger partial charge in [-0.05, 0) is 44.8 Å². The second-order valence-electron chi connectivity index (χ2n) is 8.17. The molecule has 0 amide bonds. The molecule has 2 N–H and O–H groups in total. The molecule has 0 saturated carbocycles. The first-order chi connectivity index (χ1) is 16.3. The first kappa shape index (κ1) is 24.2. The van der Waals surface area contributed by atoms with Gasteiger partial charge in [-0.1, -0.05) is 36.4 Å². The van der Waals surface area contributed by atoms with E-state index in [9.17, 15) is 29.4 Å². The molecule has 0 spiro atoms. The van der Waals surface area contributed by atoms with Crippen LogP contribution in [0, 0.1) is 0 Å². The smallest absolute Gasteiger partial charge is 0.326 e. The zero-order valence-electron chi connectivity index (χ0n) is 18.3. The molecule has 10 heteroatoms. The van der Waals surface area contributed by atoms with Gasteiger partial charge in [-0.2, -0.15) is 0 Å².